The van der Waals surface area contributed by atoms with Crippen LogP contribution in [0.2, 0.25) is 0 Å². The van der Waals surface area contributed by atoms with Gasteiger partial charge in [0.1, 0.15) is 0 Å². The first kappa shape index (κ1) is 16.0. The molecule has 5 heteroatoms. The Hall–Kier alpha value is -1.10. The van der Waals surface area contributed by atoms with Gasteiger partial charge < -0.3 is 10.2 Å². The summed E-state index contributed by atoms with van der Waals surface area (Å²) in [6.07, 6.45) is 3.32. The lowest BCUT2D eigenvalue weighted by atomic mass is 10.0. The zero-order valence-corrected chi connectivity index (χ0v) is 12.4. The Morgan fingerprint density at radius 3 is 2.79 bits per heavy atom. The molecule has 0 aromatic rings. The molecule has 0 aromatic carbocycles. The zero-order chi connectivity index (χ0) is 14.3. The summed E-state index contributed by atoms with van der Waals surface area (Å²) < 4.78 is 0. The zero-order valence-electron chi connectivity index (χ0n) is 12.4. The van der Waals surface area contributed by atoms with E-state index in [4.69, 9.17) is 0 Å². The number of amides is 2. The molecule has 2 amide bonds. The highest BCUT2D eigenvalue weighted by Gasteiger charge is 2.20. The molecule has 1 aliphatic rings. The van der Waals surface area contributed by atoms with Crippen LogP contribution in [0.4, 0.5) is 0 Å². The Morgan fingerprint density at radius 1 is 1.42 bits per heavy atom. The van der Waals surface area contributed by atoms with Gasteiger partial charge in [0.2, 0.25) is 11.8 Å². The summed E-state index contributed by atoms with van der Waals surface area (Å²) in [5, 5.41) is 2.78. The van der Waals surface area contributed by atoms with Crippen molar-refractivity contribution in [3.05, 3.63) is 0 Å². The van der Waals surface area contributed by atoms with Gasteiger partial charge in [-0.1, -0.05) is 13.8 Å². The Kier molecular flexibility index (Phi) is 6.84. The third-order valence-electron chi connectivity index (χ3n) is 3.48. The first-order valence-corrected chi connectivity index (χ1v) is 7.26. The molecule has 19 heavy (non-hydrogen) atoms. The van der Waals surface area contributed by atoms with E-state index in [2.05, 4.69) is 17.1 Å². The first-order chi connectivity index (χ1) is 9.02. The van der Waals surface area contributed by atoms with Crippen LogP contribution < -0.4 is 5.32 Å². The van der Waals surface area contributed by atoms with Crippen molar-refractivity contribution in [2.45, 2.75) is 33.1 Å². The van der Waals surface area contributed by atoms with E-state index in [0.717, 1.165) is 25.9 Å². The Balaban J connectivity index is 2.29. The SMILES string of the molecule is CCCNC(=O)CN(C)C(=O)CN1CCCC(C)C1. The summed E-state index contributed by atoms with van der Waals surface area (Å²) in [7, 11) is 1.70. The molecule has 0 bridgehead atoms. The summed E-state index contributed by atoms with van der Waals surface area (Å²) in [4.78, 5) is 27.3. The maximum atomic E-state index is 12.0. The molecule has 110 valence electrons. The minimum absolute atomic E-state index is 0.0285. The fourth-order valence-corrected chi connectivity index (χ4v) is 2.37. The minimum Gasteiger partial charge on any atom is -0.355 e. The predicted octanol–water partition coefficient (Wildman–Crippen LogP) is 0.703. The summed E-state index contributed by atoms with van der Waals surface area (Å²) in [5.41, 5.74) is 0. The van der Waals surface area contributed by atoms with Crippen LogP contribution in [-0.4, -0.2) is 61.4 Å². The van der Waals surface area contributed by atoms with E-state index in [9.17, 15) is 9.59 Å². The number of hydrogen-bond acceptors (Lipinski definition) is 3. The van der Waals surface area contributed by atoms with E-state index in [1.54, 1.807) is 7.05 Å². The summed E-state index contributed by atoms with van der Waals surface area (Å²) in [6, 6.07) is 0. The van der Waals surface area contributed by atoms with E-state index in [1.807, 2.05) is 6.92 Å². The van der Waals surface area contributed by atoms with Gasteiger partial charge in [-0.15, -0.1) is 0 Å². The number of likely N-dealkylation sites (N-methyl/N-ethyl adjacent to an activating group) is 1. The highest BCUT2D eigenvalue weighted by Crippen LogP contribution is 2.14. The standard InChI is InChI=1S/C14H27N3O2/c1-4-7-15-13(18)10-16(3)14(19)11-17-8-5-6-12(2)9-17/h12H,4-11H2,1-3H3,(H,15,18). The lowest BCUT2D eigenvalue weighted by molar-refractivity contribution is -0.135. The molecule has 1 aliphatic heterocycles. The van der Waals surface area contributed by atoms with Crippen molar-refractivity contribution >= 4 is 11.8 Å². The number of rotatable bonds is 6. The van der Waals surface area contributed by atoms with Crippen LogP contribution in [0.3, 0.4) is 0 Å². The molecule has 1 saturated heterocycles. The Morgan fingerprint density at radius 2 is 2.16 bits per heavy atom. The predicted molar refractivity (Wildman–Crippen MR) is 75.8 cm³/mol. The largest absolute Gasteiger partial charge is 0.355 e. The fraction of sp³-hybridized carbons (Fsp3) is 0.857. The van der Waals surface area contributed by atoms with Gasteiger partial charge >= 0.3 is 0 Å². The van der Waals surface area contributed by atoms with Crippen LogP contribution >= 0.6 is 0 Å². The van der Waals surface area contributed by atoms with Crippen LogP contribution in [0.25, 0.3) is 0 Å². The second-order valence-corrected chi connectivity index (χ2v) is 5.58. The quantitative estimate of drug-likeness (QED) is 0.772. The average molecular weight is 269 g/mol. The molecular formula is C14H27N3O2. The van der Waals surface area contributed by atoms with Crippen LogP contribution in [0.1, 0.15) is 33.1 Å². The van der Waals surface area contributed by atoms with Gasteiger partial charge in [0.05, 0.1) is 13.1 Å². The number of hydrogen-bond donors (Lipinski definition) is 1. The van der Waals surface area contributed by atoms with Crippen molar-refractivity contribution in [3.63, 3.8) is 0 Å². The second-order valence-electron chi connectivity index (χ2n) is 5.58. The van der Waals surface area contributed by atoms with E-state index in [-0.39, 0.29) is 18.4 Å². The van der Waals surface area contributed by atoms with Crippen molar-refractivity contribution in [2.24, 2.45) is 5.92 Å². The van der Waals surface area contributed by atoms with Gasteiger partial charge in [-0.2, -0.15) is 0 Å². The average Bonchev–Trinajstić information content (AvgIpc) is 2.36. The monoisotopic (exact) mass is 269 g/mol. The summed E-state index contributed by atoms with van der Waals surface area (Å²) in [6.45, 7) is 7.47. The minimum atomic E-state index is -0.0790. The van der Waals surface area contributed by atoms with Crippen LogP contribution in [0.5, 0.6) is 0 Å². The van der Waals surface area contributed by atoms with Crippen molar-refractivity contribution < 1.29 is 9.59 Å². The van der Waals surface area contributed by atoms with Gasteiger partial charge in [0.25, 0.3) is 0 Å². The Bertz CT molecular complexity index is 307. The molecule has 1 unspecified atom stereocenters. The number of carbonyl (C=O) groups is 2. The molecule has 0 aromatic heterocycles. The molecule has 0 radical (unpaired) electrons. The topological polar surface area (TPSA) is 52.7 Å². The maximum absolute atomic E-state index is 12.0. The molecule has 0 spiro atoms. The lowest BCUT2D eigenvalue weighted by Gasteiger charge is -2.31. The van der Waals surface area contributed by atoms with Crippen LogP contribution in [0, 0.1) is 5.92 Å². The molecule has 1 rings (SSSR count). The van der Waals surface area contributed by atoms with Crippen LogP contribution in [0.15, 0.2) is 0 Å². The molecule has 1 heterocycles. The number of nitrogens with one attached hydrogen (secondary N) is 1. The molecule has 1 atom stereocenters. The van der Waals surface area contributed by atoms with Crippen molar-refractivity contribution in [1.29, 1.82) is 0 Å². The number of carbonyl (C=O) groups excluding carboxylic acids is 2. The normalized spacial score (nSPS) is 20.1. The van der Waals surface area contributed by atoms with Crippen LogP contribution in [-0.2, 0) is 9.59 Å². The third-order valence-corrected chi connectivity index (χ3v) is 3.48. The molecule has 5 nitrogen and oxygen atoms in total. The van der Waals surface area contributed by atoms with E-state index < -0.39 is 0 Å². The van der Waals surface area contributed by atoms with E-state index in [0.29, 0.717) is 19.0 Å². The first-order valence-electron chi connectivity index (χ1n) is 7.26. The van der Waals surface area contributed by atoms with Gasteiger partial charge in [0.15, 0.2) is 0 Å². The van der Waals surface area contributed by atoms with Gasteiger partial charge in [0, 0.05) is 20.1 Å². The maximum Gasteiger partial charge on any atom is 0.239 e. The van der Waals surface area contributed by atoms with Gasteiger partial charge in [-0.3, -0.25) is 14.5 Å². The van der Waals surface area contributed by atoms with E-state index in [1.165, 1.54) is 11.3 Å². The highest BCUT2D eigenvalue weighted by atomic mass is 16.2. The molecule has 1 fully saturated rings. The number of piperidine rings is 1. The number of likely N-dealkylation sites (tertiary alicyclic amines) is 1. The third kappa shape index (κ3) is 6.05. The second kappa shape index (κ2) is 8.15. The summed E-state index contributed by atoms with van der Waals surface area (Å²) in [5.74, 6) is 0.616. The smallest absolute Gasteiger partial charge is 0.239 e. The fourth-order valence-electron chi connectivity index (χ4n) is 2.37. The van der Waals surface area contributed by atoms with E-state index >= 15 is 0 Å². The van der Waals surface area contributed by atoms with Gasteiger partial charge in [-0.25, -0.2) is 0 Å². The molecular weight excluding hydrogens is 242 g/mol. The van der Waals surface area contributed by atoms with Crippen molar-refractivity contribution in [1.82, 2.24) is 15.1 Å². The highest BCUT2D eigenvalue weighted by molar-refractivity contribution is 5.85. The Labute approximate surface area is 116 Å². The van der Waals surface area contributed by atoms with Crippen molar-refractivity contribution in [3.8, 4) is 0 Å². The molecule has 0 aliphatic carbocycles. The molecule has 1 N–H and O–H groups in total. The number of nitrogens with zero attached hydrogens (tertiary/aromatic N) is 2. The lowest BCUT2D eigenvalue weighted by Crippen LogP contribution is -2.45. The molecule has 0 saturated carbocycles. The van der Waals surface area contributed by atoms with Gasteiger partial charge in [-0.05, 0) is 31.7 Å². The van der Waals surface area contributed by atoms with Crippen molar-refractivity contribution in [2.75, 3.05) is 39.8 Å². The summed E-state index contributed by atoms with van der Waals surface area (Å²) >= 11 is 0.